The van der Waals surface area contributed by atoms with Gasteiger partial charge in [-0.2, -0.15) is 0 Å². The molecule has 0 aromatic heterocycles. The quantitative estimate of drug-likeness (QED) is 0.675. The summed E-state index contributed by atoms with van der Waals surface area (Å²) in [7, 11) is 0. The van der Waals surface area contributed by atoms with Crippen molar-refractivity contribution in [2.45, 2.75) is 12.8 Å². The van der Waals surface area contributed by atoms with Crippen LogP contribution in [0.3, 0.4) is 0 Å². The lowest BCUT2D eigenvalue weighted by atomic mass is 10.1. The van der Waals surface area contributed by atoms with Gasteiger partial charge < -0.3 is 16.0 Å². The molecule has 1 unspecified atom stereocenters. The molecule has 0 spiro atoms. The summed E-state index contributed by atoms with van der Waals surface area (Å²) in [5.41, 5.74) is 0.302. The van der Waals surface area contributed by atoms with Gasteiger partial charge in [-0.15, -0.1) is 0 Å². The van der Waals surface area contributed by atoms with Crippen LogP contribution >= 0.6 is 0 Å². The Morgan fingerprint density at radius 1 is 1.29 bits per heavy atom. The summed E-state index contributed by atoms with van der Waals surface area (Å²) in [4.78, 5) is 23.5. The summed E-state index contributed by atoms with van der Waals surface area (Å²) in [6.07, 6.45) is 1.52. The van der Waals surface area contributed by atoms with Crippen molar-refractivity contribution in [1.29, 1.82) is 0 Å². The van der Waals surface area contributed by atoms with E-state index in [-0.39, 0.29) is 17.7 Å². The zero-order valence-corrected chi connectivity index (χ0v) is 11.8. The van der Waals surface area contributed by atoms with E-state index in [4.69, 9.17) is 0 Å². The first-order valence-electron chi connectivity index (χ1n) is 7.19. The molecular weight excluding hydrogens is 273 g/mol. The number of amides is 2. The molecule has 5 nitrogen and oxygen atoms in total. The molecule has 1 fully saturated rings. The van der Waals surface area contributed by atoms with Gasteiger partial charge in [-0.05, 0) is 37.6 Å². The average molecular weight is 293 g/mol. The van der Waals surface area contributed by atoms with E-state index in [1.165, 1.54) is 18.2 Å². The van der Waals surface area contributed by atoms with Crippen LogP contribution in [0.15, 0.2) is 24.3 Å². The van der Waals surface area contributed by atoms with Crippen molar-refractivity contribution in [2.75, 3.05) is 26.2 Å². The van der Waals surface area contributed by atoms with Gasteiger partial charge in [0.25, 0.3) is 5.91 Å². The fraction of sp³-hybridized carbons (Fsp3) is 0.467. The van der Waals surface area contributed by atoms with Crippen LogP contribution in [-0.2, 0) is 4.79 Å². The fourth-order valence-corrected chi connectivity index (χ4v) is 2.26. The highest BCUT2D eigenvalue weighted by Gasteiger charge is 2.21. The third-order valence-electron chi connectivity index (χ3n) is 3.46. The first-order valence-corrected chi connectivity index (χ1v) is 7.19. The van der Waals surface area contributed by atoms with E-state index in [0.717, 1.165) is 19.5 Å². The van der Waals surface area contributed by atoms with Crippen LogP contribution in [0.4, 0.5) is 4.39 Å². The summed E-state index contributed by atoms with van der Waals surface area (Å²) in [5.74, 6) is -0.607. The second-order valence-corrected chi connectivity index (χ2v) is 5.10. The standard InChI is InChI=1S/C15H20FN3O2/c16-13-4-1-3-11(9-13)14(20)18-6-2-7-19-15(21)12-5-8-17-10-12/h1,3-4,9,12,17H,2,5-8,10H2,(H,18,20)(H,19,21). The Morgan fingerprint density at radius 3 is 2.81 bits per heavy atom. The Kier molecular flexibility index (Phi) is 5.68. The molecule has 6 heteroatoms. The van der Waals surface area contributed by atoms with Crippen molar-refractivity contribution in [3.8, 4) is 0 Å². The molecule has 114 valence electrons. The van der Waals surface area contributed by atoms with Gasteiger partial charge in [0.15, 0.2) is 0 Å². The summed E-state index contributed by atoms with van der Waals surface area (Å²) in [6.45, 7) is 2.60. The molecule has 3 N–H and O–H groups in total. The number of nitrogens with one attached hydrogen (secondary N) is 3. The monoisotopic (exact) mass is 293 g/mol. The van der Waals surface area contributed by atoms with E-state index in [9.17, 15) is 14.0 Å². The number of rotatable bonds is 6. The molecule has 2 rings (SSSR count). The van der Waals surface area contributed by atoms with E-state index in [1.54, 1.807) is 6.07 Å². The van der Waals surface area contributed by atoms with Crippen LogP contribution in [0.25, 0.3) is 0 Å². The molecule has 1 aliphatic rings. The van der Waals surface area contributed by atoms with Gasteiger partial charge >= 0.3 is 0 Å². The maximum absolute atomic E-state index is 13.0. The Bertz CT molecular complexity index is 501. The molecule has 0 bridgehead atoms. The topological polar surface area (TPSA) is 70.2 Å². The highest BCUT2D eigenvalue weighted by molar-refractivity contribution is 5.94. The predicted molar refractivity (Wildman–Crippen MR) is 77.3 cm³/mol. The first-order chi connectivity index (χ1) is 10.2. The van der Waals surface area contributed by atoms with Crippen molar-refractivity contribution >= 4 is 11.8 Å². The minimum Gasteiger partial charge on any atom is -0.356 e. The Morgan fingerprint density at radius 2 is 2.10 bits per heavy atom. The smallest absolute Gasteiger partial charge is 0.251 e. The molecule has 1 saturated heterocycles. The van der Waals surface area contributed by atoms with Crippen molar-refractivity contribution < 1.29 is 14.0 Å². The van der Waals surface area contributed by atoms with Crippen LogP contribution in [0.1, 0.15) is 23.2 Å². The molecular formula is C15H20FN3O2. The van der Waals surface area contributed by atoms with Crippen LogP contribution in [0, 0.1) is 11.7 Å². The third kappa shape index (κ3) is 4.82. The number of hydrogen-bond acceptors (Lipinski definition) is 3. The van der Waals surface area contributed by atoms with E-state index < -0.39 is 5.82 Å². The number of halogens is 1. The van der Waals surface area contributed by atoms with E-state index in [1.807, 2.05) is 0 Å². The van der Waals surface area contributed by atoms with E-state index in [2.05, 4.69) is 16.0 Å². The Labute approximate surface area is 123 Å². The van der Waals surface area contributed by atoms with Gasteiger partial charge in [0, 0.05) is 25.2 Å². The van der Waals surface area contributed by atoms with Crippen LogP contribution in [-0.4, -0.2) is 38.0 Å². The number of benzene rings is 1. The predicted octanol–water partition coefficient (Wildman–Crippen LogP) is 0.671. The second kappa shape index (κ2) is 7.73. The van der Waals surface area contributed by atoms with Crippen molar-refractivity contribution in [3.05, 3.63) is 35.6 Å². The largest absolute Gasteiger partial charge is 0.356 e. The van der Waals surface area contributed by atoms with Crippen molar-refractivity contribution in [3.63, 3.8) is 0 Å². The van der Waals surface area contributed by atoms with Gasteiger partial charge in [-0.25, -0.2) is 4.39 Å². The fourth-order valence-electron chi connectivity index (χ4n) is 2.26. The third-order valence-corrected chi connectivity index (χ3v) is 3.46. The highest BCUT2D eigenvalue weighted by Crippen LogP contribution is 2.06. The van der Waals surface area contributed by atoms with E-state index >= 15 is 0 Å². The minimum atomic E-state index is -0.430. The summed E-state index contributed by atoms with van der Waals surface area (Å²) < 4.78 is 13.0. The molecule has 2 amide bonds. The highest BCUT2D eigenvalue weighted by atomic mass is 19.1. The molecule has 1 aliphatic heterocycles. The van der Waals surface area contributed by atoms with Gasteiger partial charge in [0.2, 0.25) is 5.91 Å². The van der Waals surface area contributed by atoms with Gasteiger partial charge in [0.05, 0.1) is 5.92 Å². The zero-order chi connectivity index (χ0) is 15.1. The molecule has 1 aromatic carbocycles. The van der Waals surface area contributed by atoms with Gasteiger partial charge in [0.1, 0.15) is 5.82 Å². The van der Waals surface area contributed by atoms with Crippen LogP contribution in [0.2, 0.25) is 0 Å². The molecule has 1 heterocycles. The Balaban J connectivity index is 1.61. The maximum atomic E-state index is 13.0. The lowest BCUT2D eigenvalue weighted by molar-refractivity contribution is -0.124. The van der Waals surface area contributed by atoms with Crippen LogP contribution in [0.5, 0.6) is 0 Å². The van der Waals surface area contributed by atoms with Gasteiger partial charge in [-0.1, -0.05) is 6.07 Å². The molecule has 1 aromatic rings. The molecule has 21 heavy (non-hydrogen) atoms. The minimum absolute atomic E-state index is 0.0619. The van der Waals surface area contributed by atoms with Crippen LogP contribution < -0.4 is 16.0 Å². The molecule has 0 radical (unpaired) electrons. The number of carbonyl (C=O) groups excluding carboxylic acids is 2. The van der Waals surface area contributed by atoms with Crippen molar-refractivity contribution in [2.24, 2.45) is 5.92 Å². The molecule has 0 saturated carbocycles. The SMILES string of the molecule is O=C(NCCCNC(=O)C1CCNC1)c1cccc(F)c1. The zero-order valence-electron chi connectivity index (χ0n) is 11.8. The summed E-state index contributed by atoms with van der Waals surface area (Å²) in [5, 5.41) is 8.70. The second-order valence-electron chi connectivity index (χ2n) is 5.10. The normalized spacial score (nSPS) is 17.5. The van der Waals surface area contributed by atoms with E-state index in [0.29, 0.717) is 25.1 Å². The number of carbonyl (C=O) groups is 2. The summed E-state index contributed by atoms with van der Waals surface area (Å²) in [6, 6.07) is 5.56. The first kappa shape index (κ1) is 15.4. The summed E-state index contributed by atoms with van der Waals surface area (Å²) >= 11 is 0. The average Bonchev–Trinajstić information content (AvgIpc) is 3.00. The van der Waals surface area contributed by atoms with Gasteiger partial charge in [-0.3, -0.25) is 9.59 Å². The lowest BCUT2D eigenvalue weighted by Gasteiger charge is -2.10. The maximum Gasteiger partial charge on any atom is 0.251 e. The number of hydrogen-bond donors (Lipinski definition) is 3. The van der Waals surface area contributed by atoms with Crippen molar-refractivity contribution in [1.82, 2.24) is 16.0 Å². The lowest BCUT2D eigenvalue weighted by Crippen LogP contribution is -2.34. The molecule has 1 atom stereocenters. The Hall–Kier alpha value is -1.95. The molecule has 0 aliphatic carbocycles.